The van der Waals surface area contributed by atoms with Crippen molar-refractivity contribution >= 4 is 12.6 Å². The van der Waals surface area contributed by atoms with Crippen molar-refractivity contribution < 1.29 is 24.5 Å². The first-order chi connectivity index (χ1) is 3.27. The van der Waals surface area contributed by atoms with E-state index in [1.165, 1.54) is 0 Å². The van der Waals surface area contributed by atoms with E-state index in [-0.39, 0.29) is 6.47 Å². The van der Waals surface area contributed by atoms with Gasteiger partial charge in [-0.15, -0.1) is 0 Å². The average Bonchev–Trinajstić information content (AvgIpc) is 1.61. The molecule has 0 atom stereocenters. The molecule has 0 aromatic rings. The quantitative estimate of drug-likeness (QED) is 0.299. The molecule has 7 heavy (non-hydrogen) atoms. The van der Waals surface area contributed by atoms with Crippen LogP contribution in [-0.2, 0) is 14.6 Å². The molecule has 0 heterocycles. The van der Waals surface area contributed by atoms with E-state index < -0.39 is 6.16 Å². The van der Waals surface area contributed by atoms with Crippen molar-refractivity contribution in [1.82, 2.24) is 0 Å². The summed E-state index contributed by atoms with van der Waals surface area (Å²) in [6, 6.07) is 0. The highest BCUT2D eigenvalue weighted by Crippen LogP contribution is 1.71. The Bertz CT molecular complexity index is 76.1. The molecule has 0 aliphatic heterocycles. The van der Waals surface area contributed by atoms with Gasteiger partial charge in [0.1, 0.15) is 0 Å². The van der Waals surface area contributed by atoms with Gasteiger partial charge in [-0.1, -0.05) is 0 Å². The normalized spacial score (nSPS) is 6.86. The standard InChI is InChI=1S/C2H2O5/c3-1-6-7-2(4)5/h1H,(H,4,5). The van der Waals surface area contributed by atoms with Crippen LogP contribution in [0.1, 0.15) is 0 Å². The summed E-state index contributed by atoms with van der Waals surface area (Å²) in [5.41, 5.74) is 0. The number of rotatable bonds is 2. The van der Waals surface area contributed by atoms with Crippen molar-refractivity contribution in [2.24, 2.45) is 0 Å². The summed E-state index contributed by atoms with van der Waals surface area (Å²) < 4.78 is 0. The van der Waals surface area contributed by atoms with Crippen molar-refractivity contribution in [3.05, 3.63) is 0 Å². The van der Waals surface area contributed by atoms with Gasteiger partial charge in [0.15, 0.2) is 0 Å². The lowest BCUT2D eigenvalue weighted by Crippen LogP contribution is -1.98. The van der Waals surface area contributed by atoms with Crippen molar-refractivity contribution in [3.63, 3.8) is 0 Å². The van der Waals surface area contributed by atoms with Gasteiger partial charge in [0, 0.05) is 0 Å². The van der Waals surface area contributed by atoms with Crippen LogP contribution < -0.4 is 0 Å². The van der Waals surface area contributed by atoms with E-state index in [9.17, 15) is 4.79 Å². The van der Waals surface area contributed by atoms with E-state index in [2.05, 4.69) is 9.78 Å². The highest BCUT2D eigenvalue weighted by molar-refractivity contribution is 5.56. The zero-order valence-corrected chi connectivity index (χ0v) is 3.16. The molecule has 40 valence electrons. The second-order valence-electron chi connectivity index (χ2n) is 0.542. The molecule has 0 aliphatic rings. The summed E-state index contributed by atoms with van der Waals surface area (Å²) in [6.07, 6.45) is -1.65. The lowest BCUT2D eigenvalue weighted by atomic mass is 11.4. The van der Waals surface area contributed by atoms with Crippen LogP contribution in [0.2, 0.25) is 0 Å². The maximum atomic E-state index is 9.25. The molecule has 0 radical (unpaired) electrons. The Hall–Kier alpha value is -1.26. The first kappa shape index (κ1) is 5.74. The molecule has 5 nitrogen and oxygen atoms in total. The average molecular weight is 106 g/mol. The molecule has 0 fully saturated rings. The van der Waals surface area contributed by atoms with Crippen molar-refractivity contribution in [3.8, 4) is 0 Å². The Balaban J connectivity index is 2.97. The molecule has 0 unspecified atom stereocenters. The van der Waals surface area contributed by atoms with Crippen LogP contribution in [0, 0.1) is 0 Å². The van der Waals surface area contributed by atoms with E-state index in [4.69, 9.17) is 9.90 Å². The largest absolute Gasteiger partial charge is 0.547 e. The third-order valence-corrected chi connectivity index (χ3v) is 0.159. The SMILES string of the molecule is O=COOC(=O)O. The summed E-state index contributed by atoms with van der Waals surface area (Å²) in [5, 5.41) is 7.54. The molecular formula is C2H2O5. The van der Waals surface area contributed by atoms with Gasteiger partial charge in [0.2, 0.25) is 0 Å². The fourth-order valence-electron chi connectivity index (χ4n) is 0.0608. The predicted octanol–water partition coefficient (Wildman–Crippen LogP) is -0.231. The van der Waals surface area contributed by atoms with E-state index in [0.717, 1.165) is 0 Å². The zero-order chi connectivity index (χ0) is 5.70. The number of hydrogen-bond donors (Lipinski definition) is 1. The Morgan fingerprint density at radius 3 is 2.43 bits per heavy atom. The minimum absolute atomic E-state index is 0.131. The summed E-state index contributed by atoms with van der Waals surface area (Å²) >= 11 is 0. The molecule has 0 amide bonds. The van der Waals surface area contributed by atoms with E-state index >= 15 is 0 Å². The lowest BCUT2D eigenvalue weighted by molar-refractivity contribution is -0.225. The third-order valence-electron chi connectivity index (χ3n) is 0.159. The fraction of sp³-hybridized carbons (Fsp3) is 0. The predicted molar refractivity (Wildman–Crippen MR) is 16.3 cm³/mol. The number of carbonyl (C=O) groups excluding carboxylic acids is 1. The van der Waals surface area contributed by atoms with Crippen molar-refractivity contribution in [2.75, 3.05) is 0 Å². The minimum atomic E-state index is -1.65. The van der Waals surface area contributed by atoms with Gasteiger partial charge in [-0.3, -0.25) is 4.79 Å². The van der Waals surface area contributed by atoms with Gasteiger partial charge in [-0.05, 0) is 0 Å². The topological polar surface area (TPSA) is 72.8 Å². The van der Waals surface area contributed by atoms with Crippen LogP contribution in [0.25, 0.3) is 0 Å². The summed E-state index contributed by atoms with van der Waals surface area (Å²) in [5.74, 6) is 0. The maximum absolute atomic E-state index is 9.25. The molecule has 0 aromatic carbocycles. The molecule has 1 N–H and O–H groups in total. The summed E-state index contributed by atoms with van der Waals surface area (Å²) in [7, 11) is 0. The molecule has 0 aliphatic carbocycles. The van der Waals surface area contributed by atoms with Gasteiger partial charge in [-0.25, -0.2) is 14.6 Å². The molecular weight excluding hydrogens is 104 g/mol. The second-order valence-corrected chi connectivity index (χ2v) is 0.542. The smallest absolute Gasteiger partial charge is 0.447 e. The number of carboxylic acid groups (broad SMARTS) is 1. The fourth-order valence-corrected chi connectivity index (χ4v) is 0.0608. The monoisotopic (exact) mass is 106 g/mol. The Labute approximate surface area is 38.4 Å². The number of hydrogen-bond acceptors (Lipinski definition) is 4. The van der Waals surface area contributed by atoms with Crippen LogP contribution in [0.15, 0.2) is 0 Å². The van der Waals surface area contributed by atoms with E-state index in [0.29, 0.717) is 0 Å². The molecule has 0 bridgehead atoms. The maximum Gasteiger partial charge on any atom is 0.547 e. The first-order valence-electron chi connectivity index (χ1n) is 1.27. The van der Waals surface area contributed by atoms with E-state index in [1.807, 2.05) is 0 Å². The highest BCUT2D eigenvalue weighted by Gasteiger charge is 1.92. The third kappa shape index (κ3) is 4.74. The first-order valence-corrected chi connectivity index (χ1v) is 1.27. The summed E-state index contributed by atoms with van der Waals surface area (Å²) in [6.45, 7) is -0.131. The van der Waals surface area contributed by atoms with Gasteiger partial charge >= 0.3 is 12.6 Å². The molecule has 0 saturated carbocycles. The van der Waals surface area contributed by atoms with Crippen LogP contribution in [0.4, 0.5) is 4.79 Å². The van der Waals surface area contributed by atoms with Gasteiger partial charge in [0.05, 0.1) is 0 Å². The van der Waals surface area contributed by atoms with Crippen LogP contribution in [0.5, 0.6) is 0 Å². The Morgan fingerprint density at radius 2 is 2.29 bits per heavy atom. The minimum Gasteiger partial charge on any atom is -0.447 e. The molecule has 0 aromatic heterocycles. The number of carbonyl (C=O) groups is 2. The molecule has 0 saturated heterocycles. The Morgan fingerprint density at radius 1 is 1.71 bits per heavy atom. The van der Waals surface area contributed by atoms with Gasteiger partial charge < -0.3 is 5.11 Å². The van der Waals surface area contributed by atoms with Crippen LogP contribution in [0.3, 0.4) is 0 Å². The van der Waals surface area contributed by atoms with Crippen molar-refractivity contribution in [2.45, 2.75) is 0 Å². The summed E-state index contributed by atoms with van der Waals surface area (Å²) in [4.78, 5) is 24.9. The molecule has 5 heteroatoms. The highest BCUT2D eigenvalue weighted by atomic mass is 17.2. The zero-order valence-electron chi connectivity index (χ0n) is 3.16. The van der Waals surface area contributed by atoms with Gasteiger partial charge in [-0.2, -0.15) is 0 Å². The lowest BCUT2D eigenvalue weighted by Gasteiger charge is -1.85. The van der Waals surface area contributed by atoms with E-state index in [1.54, 1.807) is 0 Å². The van der Waals surface area contributed by atoms with Crippen LogP contribution in [-0.4, -0.2) is 17.7 Å². The molecule has 0 rings (SSSR count). The second kappa shape index (κ2) is 2.95. The van der Waals surface area contributed by atoms with Gasteiger partial charge in [0.25, 0.3) is 0 Å². The van der Waals surface area contributed by atoms with Crippen LogP contribution >= 0.6 is 0 Å². The van der Waals surface area contributed by atoms with Crippen molar-refractivity contribution in [1.29, 1.82) is 0 Å². The Kier molecular flexibility index (Phi) is 2.42. The molecule has 0 spiro atoms.